The Morgan fingerprint density at radius 2 is 1.82 bits per heavy atom. The number of allylic oxidation sites excluding steroid dienone is 1. The fourth-order valence-electron chi connectivity index (χ4n) is 4.80. The van der Waals surface area contributed by atoms with Gasteiger partial charge in [0.05, 0.1) is 18.2 Å². The number of phenols is 1. The van der Waals surface area contributed by atoms with Crippen molar-refractivity contribution in [1.29, 1.82) is 0 Å². The lowest BCUT2D eigenvalue weighted by molar-refractivity contribution is 0.371. The molecule has 0 fully saturated rings. The first-order chi connectivity index (χ1) is 15.7. The van der Waals surface area contributed by atoms with Gasteiger partial charge < -0.3 is 19.9 Å². The highest BCUT2D eigenvalue weighted by Crippen LogP contribution is 2.54. The number of halogens is 1. The largest absolute Gasteiger partial charge is 0.504 e. The molecule has 0 bridgehead atoms. The van der Waals surface area contributed by atoms with E-state index in [1.54, 1.807) is 25.1 Å². The van der Waals surface area contributed by atoms with Crippen LogP contribution >= 0.6 is 0 Å². The summed E-state index contributed by atoms with van der Waals surface area (Å²) in [5, 5.41) is 14.0. The Labute approximate surface area is 193 Å². The predicted octanol–water partition coefficient (Wildman–Crippen LogP) is 7.01. The fourth-order valence-corrected chi connectivity index (χ4v) is 4.80. The average molecular weight is 444 g/mol. The molecule has 0 unspecified atom stereocenters. The Morgan fingerprint density at radius 1 is 1.03 bits per heavy atom. The Morgan fingerprint density at radius 3 is 2.55 bits per heavy atom. The van der Waals surface area contributed by atoms with E-state index in [1.165, 1.54) is 13.2 Å². The molecule has 0 aromatic heterocycles. The van der Waals surface area contributed by atoms with Crippen molar-refractivity contribution < 1.29 is 19.0 Å². The average Bonchev–Trinajstić information content (AvgIpc) is 2.75. The van der Waals surface area contributed by atoms with E-state index < -0.39 is 0 Å². The van der Waals surface area contributed by atoms with Gasteiger partial charge in [-0.15, -0.1) is 0 Å². The molecule has 4 nitrogen and oxygen atoms in total. The highest BCUT2D eigenvalue weighted by Gasteiger charge is 2.33. The minimum Gasteiger partial charge on any atom is -0.504 e. The summed E-state index contributed by atoms with van der Waals surface area (Å²) in [6.45, 7) is 8.07. The highest BCUT2D eigenvalue weighted by molar-refractivity contribution is 6.02. The van der Waals surface area contributed by atoms with Crippen LogP contribution in [0.1, 0.15) is 43.0 Å². The number of hydrogen-bond donors (Lipinski definition) is 2. The van der Waals surface area contributed by atoms with E-state index in [-0.39, 0.29) is 17.1 Å². The first kappa shape index (κ1) is 21.1. The molecule has 0 spiro atoms. The maximum atomic E-state index is 14.3. The number of anilines is 1. The standard InChI is InChI=1S/C28H26FNO3/c1-15-6-7-17(12-19(15)29)13-23-25-18(26-22(33-23)11-10-21(31)27(26)32-5)8-9-20-24(25)16(2)14-28(3,4)30-20/h6-14,30-31H,1-5H3/b23-13-. The minimum absolute atomic E-state index is 0.0445. The van der Waals surface area contributed by atoms with Crippen LogP contribution in [0.2, 0.25) is 0 Å². The van der Waals surface area contributed by atoms with Gasteiger partial charge in [0, 0.05) is 22.4 Å². The maximum Gasteiger partial charge on any atom is 0.172 e. The SMILES string of the molecule is COc1c(O)ccc2c1-c1ccc3c(c1/C(=C/c1ccc(C)c(F)c1)O2)C(C)=CC(C)(C)N3. The topological polar surface area (TPSA) is 50.7 Å². The second-order valence-corrected chi connectivity index (χ2v) is 9.20. The van der Waals surface area contributed by atoms with Gasteiger partial charge in [-0.25, -0.2) is 4.39 Å². The molecule has 3 aromatic rings. The number of methoxy groups -OCH3 is 1. The zero-order valence-corrected chi connectivity index (χ0v) is 19.3. The summed E-state index contributed by atoms with van der Waals surface area (Å²) in [4.78, 5) is 0. The lowest BCUT2D eigenvalue weighted by atomic mass is 9.82. The van der Waals surface area contributed by atoms with Gasteiger partial charge in [-0.2, -0.15) is 0 Å². The molecule has 0 aliphatic carbocycles. The van der Waals surface area contributed by atoms with Crippen LogP contribution in [0.3, 0.4) is 0 Å². The van der Waals surface area contributed by atoms with Crippen molar-refractivity contribution in [1.82, 2.24) is 0 Å². The predicted molar refractivity (Wildman–Crippen MR) is 131 cm³/mol. The van der Waals surface area contributed by atoms with Crippen LogP contribution in [0.5, 0.6) is 17.2 Å². The van der Waals surface area contributed by atoms with Gasteiger partial charge in [-0.05, 0) is 74.7 Å². The highest BCUT2D eigenvalue weighted by atomic mass is 19.1. The molecule has 2 N–H and O–H groups in total. The third-order valence-electron chi connectivity index (χ3n) is 6.17. The van der Waals surface area contributed by atoms with Crippen molar-refractivity contribution in [3.8, 4) is 28.4 Å². The Hall–Kier alpha value is -3.73. The molecule has 33 heavy (non-hydrogen) atoms. The third-order valence-corrected chi connectivity index (χ3v) is 6.17. The summed E-state index contributed by atoms with van der Waals surface area (Å²) in [7, 11) is 1.53. The Kier molecular flexibility index (Phi) is 4.74. The van der Waals surface area contributed by atoms with Gasteiger partial charge in [0.25, 0.3) is 0 Å². The minimum atomic E-state index is -0.262. The summed E-state index contributed by atoms with van der Waals surface area (Å²) in [6.07, 6.45) is 4.05. The van der Waals surface area contributed by atoms with Gasteiger partial charge in [0.2, 0.25) is 0 Å². The number of nitrogens with one attached hydrogen (secondary N) is 1. The second kappa shape index (κ2) is 7.41. The smallest absolute Gasteiger partial charge is 0.172 e. The van der Waals surface area contributed by atoms with Gasteiger partial charge >= 0.3 is 0 Å². The number of rotatable bonds is 2. The Bertz CT molecular complexity index is 1370. The molecule has 0 radical (unpaired) electrons. The quantitative estimate of drug-likeness (QED) is 0.447. The summed E-state index contributed by atoms with van der Waals surface area (Å²) < 4.78 is 26.2. The fraction of sp³-hybridized carbons (Fsp3) is 0.214. The third kappa shape index (κ3) is 3.44. The molecule has 5 rings (SSSR count). The van der Waals surface area contributed by atoms with Crippen molar-refractivity contribution in [2.45, 2.75) is 33.2 Å². The molecular formula is C28H26FNO3. The Balaban J connectivity index is 1.83. The zero-order valence-electron chi connectivity index (χ0n) is 19.3. The first-order valence-corrected chi connectivity index (χ1v) is 10.9. The monoisotopic (exact) mass is 443 g/mol. The molecular weight excluding hydrogens is 417 g/mol. The van der Waals surface area contributed by atoms with E-state index in [4.69, 9.17) is 9.47 Å². The molecule has 3 aromatic carbocycles. The van der Waals surface area contributed by atoms with Gasteiger partial charge in [0.15, 0.2) is 11.5 Å². The van der Waals surface area contributed by atoms with E-state index in [0.717, 1.165) is 28.0 Å². The molecule has 0 saturated carbocycles. The summed E-state index contributed by atoms with van der Waals surface area (Å²) >= 11 is 0. The van der Waals surface area contributed by atoms with Crippen molar-refractivity contribution in [3.63, 3.8) is 0 Å². The van der Waals surface area contributed by atoms with E-state index in [0.29, 0.717) is 33.9 Å². The molecule has 0 saturated heterocycles. The number of ether oxygens (including phenoxy) is 2. The zero-order chi connectivity index (χ0) is 23.5. The maximum absolute atomic E-state index is 14.3. The van der Waals surface area contributed by atoms with Gasteiger partial charge in [0.1, 0.15) is 17.3 Å². The van der Waals surface area contributed by atoms with E-state index >= 15 is 0 Å². The van der Waals surface area contributed by atoms with Crippen molar-refractivity contribution in [2.75, 3.05) is 12.4 Å². The van der Waals surface area contributed by atoms with Crippen LogP contribution in [0.15, 0.2) is 48.5 Å². The molecule has 2 heterocycles. The van der Waals surface area contributed by atoms with Crippen molar-refractivity contribution in [3.05, 3.63) is 76.6 Å². The van der Waals surface area contributed by atoms with Gasteiger partial charge in [-0.1, -0.05) is 24.3 Å². The van der Waals surface area contributed by atoms with E-state index in [1.807, 2.05) is 24.3 Å². The number of fused-ring (bicyclic) bond motifs is 5. The second-order valence-electron chi connectivity index (χ2n) is 9.20. The molecule has 0 amide bonds. The molecule has 168 valence electrons. The lowest BCUT2D eigenvalue weighted by Gasteiger charge is -2.35. The summed E-state index contributed by atoms with van der Waals surface area (Å²) in [5.41, 5.74) is 6.67. The summed E-state index contributed by atoms with van der Waals surface area (Å²) in [5.74, 6) is 1.33. The normalized spacial score (nSPS) is 16.7. The lowest BCUT2D eigenvalue weighted by Crippen LogP contribution is -2.32. The number of aryl methyl sites for hydroxylation is 1. The van der Waals surface area contributed by atoms with Crippen molar-refractivity contribution >= 4 is 23.1 Å². The summed E-state index contributed by atoms with van der Waals surface area (Å²) in [6, 6.07) is 12.5. The van der Waals surface area contributed by atoms with E-state index in [2.05, 4.69) is 32.2 Å². The van der Waals surface area contributed by atoms with Gasteiger partial charge in [-0.3, -0.25) is 0 Å². The van der Waals surface area contributed by atoms with Crippen LogP contribution in [0, 0.1) is 12.7 Å². The number of phenolic OH excluding ortho intramolecular Hbond substituents is 1. The number of hydrogen-bond acceptors (Lipinski definition) is 4. The molecule has 2 aliphatic heterocycles. The van der Waals surface area contributed by atoms with Crippen molar-refractivity contribution in [2.24, 2.45) is 0 Å². The van der Waals surface area contributed by atoms with Crippen LogP contribution in [0.25, 0.3) is 28.5 Å². The van der Waals surface area contributed by atoms with Crippen LogP contribution in [0.4, 0.5) is 10.1 Å². The number of benzene rings is 3. The number of aromatic hydroxyl groups is 1. The van der Waals surface area contributed by atoms with Crippen LogP contribution in [-0.2, 0) is 0 Å². The molecule has 5 heteroatoms. The van der Waals surface area contributed by atoms with E-state index in [9.17, 15) is 9.50 Å². The van der Waals surface area contributed by atoms with Crippen LogP contribution in [-0.4, -0.2) is 17.8 Å². The van der Waals surface area contributed by atoms with Crippen LogP contribution < -0.4 is 14.8 Å². The molecule has 0 atom stereocenters. The first-order valence-electron chi connectivity index (χ1n) is 10.9. The molecule has 2 aliphatic rings.